The molecule has 26 heavy (non-hydrogen) atoms. The molecule has 3 amide bonds. The highest BCUT2D eigenvalue weighted by Gasteiger charge is 2.30. The van der Waals surface area contributed by atoms with Gasteiger partial charge in [-0.3, -0.25) is 4.79 Å². The summed E-state index contributed by atoms with van der Waals surface area (Å²) in [4.78, 5) is 32.9. The summed E-state index contributed by atoms with van der Waals surface area (Å²) in [7, 11) is 0. The third kappa shape index (κ3) is 5.22. The van der Waals surface area contributed by atoms with Crippen LogP contribution >= 0.6 is 0 Å². The number of hydrogen-bond donors (Lipinski definition) is 1. The number of urea groups is 1. The predicted octanol–water partition coefficient (Wildman–Crippen LogP) is 2.10. The Labute approximate surface area is 155 Å². The zero-order chi connectivity index (χ0) is 18.2. The molecular weight excluding hydrogens is 330 g/mol. The first-order valence-corrected chi connectivity index (χ1v) is 10.0. The Morgan fingerprint density at radius 2 is 1.73 bits per heavy atom. The van der Waals surface area contributed by atoms with Gasteiger partial charge in [-0.05, 0) is 32.1 Å². The van der Waals surface area contributed by atoms with E-state index in [1.807, 2.05) is 15.7 Å². The minimum absolute atomic E-state index is 0.00342. The van der Waals surface area contributed by atoms with E-state index in [4.69, 9.17) is 0 Å². The second-order valence-corrected chi connectivity index (χ2v) is 7.39. The van der Waals surface area contributed by atoms with Gasteiger partial charge in [-0.2, -0.15) is 0 Å². The van der Waals surface area contributed by atoms with Crippen LogP contribution in [0.2, 0.25) is 0 Å². The van der Waals surface area contributed by atoms with Crippen LogP contribution in [0.3, 0.4) is 0 Å². The topological polar surface area (TPSA) is 70.5 Å². The molecule has 2 fully saturated rings. The van der Waals surface area contributed by atoms with Crippen molar-refractivity contribution in [2.24, 2.45) is 5.92 Å². The van der Waals surface area contributed by atoms with E-state index in [-0.39, 0.29) is 11.9 Å². The molecule has 3 heterocycles. The van der Waals surface area contributed by atoms with Gasteiger partial charge in [-0.15, -0.1) is 0 Å². The highest BCUT2D eigenvalue weighted by Crippen LogP contribution is 2.21. The first kappa shape index (κ1) is 18.7. The Balaban J connectivity index is 1.34. The Morgan fingerprint density at radius 3 is 2.38 bits per heavy atom. The van der Waals surface area contributed by atoms with Crippen LogP contribution in [0.25, 0.3) is 0 Å². The number of imidazole rings is 1. The molecule has 0 spiro atoms. The minimum atomic E-state index is -0.00342. The summed E-state index contributed by atoms with van der Waals surface area (Å²) in [6, 6.07) is -0.00342. The van der Waals surface area contributed by atoms with E-state index in [0.717, 1.165) is 51.7 Å². The average molecular weight is 361 g/mol. The van der Waals surface area contributed by atoms with Crippen molar-refractivity contribution in [2.75, 3.05) is 32.7 Å². The Hall–Kier alpha value is -2.05. The fourth-order valence-corrected chi connectivity index (χ4v) is 3.87. The highest BCUT2D eigenvalue weighted by atomic mass is 16.2. The van der Waals surface area contributed by atoms with Gasteiger partial charge in [-0.25, -0.2) is 9.78 Å². The summed E-state index contributed by atoms with van der Waals surface area (Å²) in [6.45, 7) is 4.69. The number of aryl methyl sites for hydroxylation is 1. The quantitative estimate of drug-likeness (QED) is 0.817. The molecule has 7 heteroatoms. The van der Waals surface area contributed by atoms with Crippen molar-refractivity contribution in [3.05, 3.63) is 18.7 Å². The zero-order valence-corrected chi connectivity index (χ0v) is 15.6. The van der Waals surface area contributed by atoms with E-state index in [1.165, 1.54) is 12.8 Å². The number of piperidine rings is 1. The molecule has 0 radical (unpaired) electrons. The number of carbonyl (C=O) groups is 2. The van der Waals surface area contributed by atoms with Gasteiger partial charge < -0.3 is 19.7 Å². The molecule has 144 valence electrons. The molecule has 1 aromatic rings. The SMILES string of the molecule is O=C(NCCCn1ccnc1)N1CCC(C(=O)N2CCCCCC2)CC1. The smallest absolute Gasteiger partial charge is 0.317 e. The summed E-state index contributed by atoms with van der Waals surface area (Å²) >= 11 is 0. The molecule has 1 aromatic heterocycles. The van der Waals surface area contributed by atoms with Gasteiger partial charge in [0.05, 0.1) is 6.33 Å². The molecule has 0 aromatic carbocycles. The van der Waals surface area contributed by atoms with Gasteiger partial charge in [0.1, 0.15) is 0 Å². The van der Waals surface area contributed by atoms with Crippen molar-refractivity contribution in [2.45, 2.75) is 51.5 Å². The first-order chi connectivity index (χ1) is 12.7. The van der Waals surface area contributed by atoms with Crippen molar-refractivity contribution in [3.8, 4) is 0 Å². The second kappa shape index (κ2) is 9.59. The molecular formula is C19H31N5O2. The number of hydrogen-bond acceptors (Lipinski definition) is 3. The van der Waals surface area contributed by atoms with Crippen LogP contribution in [0.5, 0.6) is 0 Å². The van der Waals surface area contributed by atoms with Gasteiger partial charge in [-0.1, -0.05) is 12.8 Å². The maximum absolute atomic E-state index is 12.7. The standard InChI is InChI=1S/C19H31N5O2/c25-18(23-11-3-1-2-4-12-23)17-6-13-24(14-7-17)19(26)21-8-5-10-22-15-9-20-16-22/h9,15-17H,1-8,10-14H2,(H,21,26). The number of likely N-dealkylation sites (tertiary alicyclic amines) is 2. The lowest BCUT2D eigenvalue weighted by molar-refractivity contribution is -0.136. The van der Waals surface area contributed by atoms with E-state index in [2.05, 4.69) is 15.2 Å². The lowest BCUT2D eigenvalue weighted by Crippen LogP contribution is -2.48. The van der Waals surface area contributed by atoms with E-state index >= 15 is 0 Å². The Bertz CT molecular complexity index is 558. The molecule has 2 saturated heterocycles. The van der Waals surface area contributed by atoms with Crippen molar-refractivity contribution >= 4 is 11.9 Å². The number of rotatable bonds is 5. The van der Waals surface area contributed by atoms with E-state index in [0.29, 0.717) is 25.5 Å². The van der Waals surface area contributed by atoms with Crippen LogP contribution in [0.1, 0.15) is 44.9 Å². The highest BCUT2D eigenvalue weighted by molar-refractivity contribution is 5.80. The van der Waals surface area contributed by atoms with Crippen molar-refractivity contribution < 1.29 is 9.59 Å². The van der Waals surface area contributed by atoms with Gasteiger partial charge in [0, 0.05) is 57.6 Å². The van der Waals surface area contributed by atoms with Gasteiger partial charge in [0.15, 0.2) is 0 Å². The maximum Gasteiger partial charge on any atom is 0.317 e. The molecule has 1 N–H and O–H groups in total. The van der Waals surface area contributed by atoms with Crippen LogP contribution in [0, 0.1) is 5.92 Å². The Kier molecular flexibility index (Phi) is 6.91. The Morgan fingerprint density at radius 1 is 1.00 bits per heavy atom. The molecule has 2 aliphatic rings. The monoisotopic (exact) mass is 361 g/mol. The number of carbonyl (C=O) groups excluding carboxylic acids is 2. The van der Waals surface area contributed by atoms with E-state index in [9.17, 15) is 9.59 Å². The lowest BCUT2D eigenvalue weighted by atomic mass is 9.95. The largest absolute Gasteiger partial charge is 0.342 e. The first-order valence-electron chi connectivity index (χ1n) is 10.0. The fourth-order valence-electron chi connectivity index (χ4n) is 3.87. The molecule has 0 bridgehead atoms. The van der Waals surface area contributed by atoms with Crippen molar-refractivity contribution in [1.29, 1.82) is 0 Å². The summed E-state index contributed by atoms with van der Waals surface area (Å²) in [5.41, 5.74) is 0. The fraction of sp³-hybridized carbons (Fsp3) is 0.737. The molecule has 0 aliphatic carbocycles. The summed E-state index contributed by atoms with van der Waals surface area (Å²) < 4.78 is 2.01. The normalized spacial score (nSPS) is 19.2. The molecule has 0 atom stereocenters. The van der Waals surface area contributed by atoms with Gasteiger partial charge in [0.2, 0.25) is 5.91 Å². The number of nitrogens with zero attached hydrogens (tertiary/aromatic N) is 4. The van der Waals surface area contributed by atoms with Crippen molar-refractivity contribution in [3.63, 3.8) is 0 Å². The molecule has 3 rings (SSSR count). The second-order valence-electron chi connectivity index (χ2n) is 7.39. The van der Waals surface area contributed by atoms with E-state index < -0.39 is 0 Å². The van der Waals surface area contributed by atoms with Gasteiger partial charge >= 0.3 is 6.03 Å². The predicted molar refractivity (Wildman–Crippen MR) is 99.6 cm³/mol. The summed E-state index contributed by atoms with van der Waals surface area (Å²) in [6.07, 6.45) is 12.7. The average Bonchev–Trinajstić information content (AvgIpc) is 3.04. The number of amides is 3. The lowest BCUT2D eigenvalue weighted by Gasteiger charge is -2.34. The van der Waals surface area contributed by atoms with Crippen LogP contribution in [-0.2, 0) is 11.3 Å². The molecule has 0 unspecified atom stereocenters. The van der Waals surface area contributed by atoms with Crippen LogP contribution < -0.4 is 5.32 Å². The number of nitrogens with one attached hydrogen (secondary N) is 1. The maximum atomic E-state index is 12.7. The third-order valence-corrected chi connectivity index (χ3v) is 5.48. The minimum Gasteiger partial charge on any atom is -0.342 e. The van der Waals surface area contributed by atoms with Crippen LogP contribution in [0.4, 0.5) is 4.79 Å². The third-order valence-electron chi connectivity index (χ3n) is 5.48. The molecule has 7 nitrogen and oxygen atoms in total. The van der Waals surface area contributed by atoms with E-state index in [1.54, 1.807) is 12.5 Å². The molecule has 0 saturated carbocycles. The van der Waals surface area contributed by atoms with Gasteiger partial charge in [0.25, 0.3) is 0 Å². The summed E-state index contributed by atoms with van der Waals surface area (Å²) in [5.74, 6) is 0.408. The zero-order valence-electron chi connectivity index (χ0n) is 15.6. The number of aromatic nitrogens is 2. The molecule has 2 aliphatic heterocycles. The van der Waals surface area contributed by atoms with Crippen LogP contribution in [-0.4, -0.2) is 64.0 Å². The van der Waals surface area contributed by atoms with Crippen LogP contribution in [0.15, 0.2) is 18.7 Å². The summed E-state index contributed by atoms with van der Waals surface area (Å²) in [5, 5.41) is 2.99. The van der Waals surface area contributed by atoms with Crippen molar-refractivity contribution in [1.82, 2.24) is 24.7 Å².